The van der Waals surface area contributed by atoms with Crippen molar-refractivity contribution >= 4 is 0 Å². The number of rotatable bonds is 6. The van der Waals surface area contributed by atoms with Crippen molar-refractivity contribution in [2.45, 2.75) is 51.1 Å². The van der Waals surface area contributed by atoms with Crippen LogP contribution in [0.3, 0.4) is 0 Å². The zero-order valence-electron chi connectivity index (χ0n) is 13.6. The quantitative estimate of drug-likeness (QED) is 0.816. The lowest BCUT2D eigenvalue weighted by atomic mass is 9.90. The number of ether oxygens (including phenoxy) is 1. The molecule has 1 atom stereocenters. The first kappa shape index (κ1) is 16.3. The molecule has 0 saturated heterocycles. The summed E-state index contributed by atoms with van der Waals surface area (Å²) >= 11 is 0. The first-order valence-electron chi connectivity index (χ1n) is 8.28. The lowest BCUT2D eigenvalue weighted by Gasteiger charge is -2.33. The second-order valence-electron chi connectivity index (χ2n) is 6.32. The third-order valence-electron chi connectivity index (χ3n) is 4.84. The van der Waals surface area contributed by atoms with Gasteiger partial charge in [-0.05, 0) is 43.5 Å². The molecule has 3 heteroatoms. The van der Waals surface area contributed by atoms with Gasteiger partial charge < -0.3 is 10.5 Å². The Hall–Kier alpha value is -1.06. The maximum absolute atomic E-state index is 6.09. The van der Waals surface area contributed by atoms with Crippen molar-refractivity contribution < 1.29 is 4.74 Å². The van der Waals surface area contributed by atoms with E-state index in [9.17, 15) is 0 Å². The monoisotopic (exact) mass is 290 g/mol. The largest absolute Gasteiger partial charge is 0.497 e. The zero-order chi connectivity index (χ0) is 15.1. The van der Waals surface area contributed by atoms with Gasteiger partial charge in [-0.25, -0.2) is 0 Å². The van der Waals surface area contributed by atoms with Gasteiger partial charge in [0.25, 0.3) is 0 Å². The molecule has 0 spiro atoms. The summed E-state index contributed by atoms with van der Waals surface area (Å²) in [5.41, 5.74) is 7.42. The van der Waals surface area contributed by atoms with E-state index in [1.807, 2.05) is 12.1 Å². The van der Waals surface area contributed by atoms with E-state index < -0.39 is 0 Å². The van der Waals surface area contributed by atoms with Gasteiger partial charge >= 0.3 is 0 Å². The van der Waals surface area contributed by atoms with E-state index in [-0.39, 0.29) is 0 Å². The van der Waals surface area contributed by atoms with Gasteiger partial charge in [0.05, 0.1) is 7.11 Å². The predicted molar refractivity (Wildman–Crippen MR) is 88.5 cm³/mol. The zero-order valence-corrected chi connectivity index (χ0v) is 13.6. The molecule has 0 heterocycles. The Morgan fingerprint density at radius 1 is 1.14 bits per heavy atom. The lowest BCUT2D eigenvalue weighted by Crippen LogP contribution is -2.43. The molecular weight excluding hydrogens is 260 g/mol. The van der Waals surface area contributed by atoms with Crippen LogP contribution < -0.4 is 10.5 Å². The van der Waals surface area contributed by atoms with Crippen molar-refractivity contribution in [1.82, 2.24) is 4.90 Å². The summed E-state index contributed by atoms with van der Waals surface area (Å²) in [6.07, 6.45) is 8.23. The molecule has 118 valence electrons. The van der Waals surface area contributed by atoms with E-state index in [4.69, 9.17) is 10.5 Å². The maximum atomic E-state index is 6.09. The normalized spacial score (nSPS) is 18.5. The molecule has 1 aromatic rings. The van der Waals surface area contributed by atoms with Gasteiger partial charge in [0, 0.05) is 19.1 Å². The van der Waals surface area contributed by atoms with Crippen LogP contribution >= 0.6 is 0 Å². The molecule has 1 aliphatic rings. The Morgan fingerprint density at radius 3 is 2.29 bits per heavy atom. The Bertz CT molecular complexity index is 396. The van der Waals surface area contributed by atoms with Crippen LogP contribution in [0.4, 0.5) is 0 Å². The standard InChI is InChI=1S/C18H30N2O/c1-20(14-15-9-11-17(21-2)12-10-15)18(13-19)16-7-5-3-4-6-8-16/h9-12,16,18H,3-8,13-14,19H2,1-2H3. The average molecular weight is 290 g/mol. The summed E-state index contributed by atoms with van der Waals surface area (Å²) in [5.74, 6) is 1.68. The van der Waals surface area contributed by atoms with Crippen molar-refractivity contribution in [3.8, 4) is 5.75 Å². The average Bonchev–Trinajstić information content (AvgIpc) is 2.78. The van der Waals surface area contributed by atoms with Crippen molar-refractivity contribution in [3.05, 3.63) is 29.8 Å². The number of hydrogen-bond donors (Lipinski definition) is 1. The van der Waals surface area contributed by atoms with Gasteiger partial charge in [0.2, 0.25) is 0 Å². The van der Waals surface area contributed by atoms with Crippen LogP contribution in [0.15, 0.2) is 24.3 Å². The van der Waals surface area contributed by atoms with Crippen LogP contribution in [-0.2, 0) is 6.54 Å². The van der Waals surface area contributed by atoms with Gasteiger partial charge in [-0.2, -0.15) is 0 Å². The topological polar surface area (TPSA) is 38.5 Å². The minimum Gasteiger partial charge on any atom is -0.497 e. The number of methoxy groups -OCH3 is 1. The first-order chi connectivity index (χ1) is 10.2. The number of nitrogens with zero attached hydrogens (tertiary/aromatic N) is 1. The molecule has 1 saturated carbocycles. The molecule has 0 aliphatic heterocycles. The summed E-state index contributed by atoms with van der Waals surface area (Å²) in [5, 5.41) is 0. The Morgan fingerprint density at radius 2 is 1.76 bits per heavy atom. The van der Waals surface area contributed by atoms with Crippen LogP contribution in [-0.4, -0.2) is 31.6 Å². The molecular formula is C18H30N2O. The third-order valence-corrected chi connectivity index (χ3v) is 4.84. The Kier molecular flexibility index (Phi) is 6.52. The number of nitrogens with two attached hydrogens (primary N) is 1. The summed E-state index contributed by atoms with van der Waals surface area (Å²) in [6.45, 7) is 1.72. The molecule has 1 aliphatic carbocycles. The van der Waals surface area contributed by atoms with Crippen LogP contribution in [0.1, 0.15) is 44.1 Å². The van der Waals surface area contributed by atoms with Gasteiger partial charge in [0.15, 0.2) is 0 Å². The maximum Gasteiger partial charge on any atom is 0.118 e. The van der Waals surface area contributed by atoms with Crippen molar-refractivity contribution in [1.29, 1.82) is 0 Å². The fourth-order valence-electron chi connectivity index (χ4n) is 3.56. The molecule has 1 fully saturated rings. The van der Waals surface area contributed by atoms with Gasteiger partial charge in [0.1, 0.15) is 5.75 Å². The smallest absolute Gasteiger partial charge is 0.118 e. The van der Waals surface area contributed by atoms with Crippen LogP contribution in [0.2, 0.25) is 0 Å². The van der Waals surface area contributed by atoms with E-state index >= 15 is 0 Å². The summed E-state index contributed by atoms with van der Waals surface area (Å²) in [4.78, 5) is 2.44. The van der Waals surface area contributed by atoms with Crippen molar-refractivity contribution in [2.24, 2.45) is 11.7 Å². The van der Waals surface area contributed by atoms with Gasteiger partial charge in [-0.1, -0.05) is 37.8 Å². The summed E-state index contributed by atoms with van der Waals surface area (Å²) < 4.78 is 5.22. The van der Waals surface area contributed by atoms with Crippen LogP contribution in [0.25, 0.3) is 0 Å². The molecule has 21 heavy (non-hydrogen) atoms. The highest BCUT2D eigenvalue weighted by atomic mass is 16.5. The van der Waals surface area contributed by atoms with E-state index in [0.29, 0.717) is 6.04 Å². The Balaban J connectivity index is 1.96. The molecule has 1 unspecified atom stereocenters. The van der Waals surface area contributed by atoms with Gasteiger partial charge in [-0.15, -0.1) is 0 Å². The summed E-state index contributed by atoms with van der Waals surface area (Å²) in [6, 6.07) is 8.87. The highest BCUT2D eigenvalue weighted by Crippen LogP contribution is 2.28. The van der Waals surface area contributed by atoms with E-state index in [1.54, 1.807) is 7.11 Å². The minimum atomic E-state index is 0.505. The van der Waals surface area contributed by atoms with Gasteiger partial charge in [-0.3, -0.25) is 4.90 Å². The second-order valence-corrected chi connectivity index (χ2v) is 6.32. The van der Waals surface area contributed by atoms with Crippen molar-refractivity contribution in [3.63, 3.8) is 0 Å². The van der Waals surface area contributed by atoms with E-state index in [0.717, 1.165) is 24.8 Å². The SMILES string of the molecule is COc1ccc(CN(C)C(CN)C2CCCCCC2)cc1. The molecule has 0 amide bonds. The molecule has 3 nitrogen and oxygen atoms in total. The van der Waals surface area contributed by atoms with Crippen molar-refractivity contribution in [2.75, 3.05) is 20.7 Å². The molecule has 2 rings (SSSR count). The predicted octanol–water partition coefficient (Wildman–Crippen LogP) is 3.42. The molecule has 0 aromatic heterocycles. The number of hydrogen-bond acceptors (Lipinski definition) is 3. The fourth-order valence-corrected chi connectivity index (χ4v) is 3.56. The molecule has 2 N–H and O–H groups in total. The first-order valence-corrected chi connectivity index (χ1v) is 8.28. The molecule has 1 aromatic carbocycles. The highest BCUT2D eigenvalue weighted by molar-refractivity contribution is 5.27. The lowest BCUT2D eigenvalue weighted by molar-refractivity contribution is 0.160. The van der Waals surface area contributed by atoms with Crippen LogP contribution in [0, 0.1) is 5.92 Å². The second kappa shape index (κ2) is 8.40. The Labute approximate surface area is 129 Å². The summed E-state index contributed by atoms with van der Waals surface area (Å²) in [7, 11) is 3.92. The molecule has 0 radical (unpaired) electrons. The van der Waals surface area contributed by atoms with E-state index in [2.05, 4.69) is 24.1 Å². The molecule has 0 bridgehead atoms. The minimum absolute atomic E-state index is 0.505. The van der Waals surface area contributed by atoms with Crippen LogP contribution in [0.5, 0.6) is 5.75 Å². The third kappa shape index (κ3) is 4.72. The fraction of sp³-hybridized carbons (Fsp3) is 0.667. The number of likely N-dealkylation sites (N-methyl/N-ethyl adjacent to an activating group) is 1. The van der Waals surface area contributed by atoms with E-state index in [1.165, 1.54) is 44.1 Å². The highest BCUT2D eigenvalue weighted by Gasteiger charge is 2.24. The number of benzene rings is 1.